The van der Waals surface area contributed by atoms with Crippen molar-refractivity contribution in [2.75, 3.05) is 6.54 Å². The Morgan fingerprint density at radius 3 is 2.37 bits per heavy atom. The van der Waals surface area contributed by atoms with Crippen LogP contribution in [0.15, 0.2) is 18.3 Å². The first-order valence-corrected chi connectivity index (χ1v) is 6.96. The predicted molar refractivity (Wildman–Crippen MR) is 80.8 cm³/mol. The van der Waals surface area contributed by atoms with Crippen LogP contribution in [0.1, 0.15) is 54.0 Å². The minimum atomic E-state index is 0.0990. The van der Waals surface area contributed by atoms with Gasteiger partial charge >= 0.3 is 0 Å². The highest BCUT2D eigenvalue weighted by Crippen LogP contribution is 2.24. The highest BCUT2D eigenvalue weighted by Gasteiger charge is 2.16. The second kappa shape index (κ2) is 5.91. The van der Waals surface area contributed by atoms with Crippen LogP contribution in [0.5, 0.6) is 5.88 Å². The van der Waals surface area contributed by atoms with E-state index in [9.17, 15) is 0 Å². The Labute approximate surface area is 117 Å². The second-order valence-corrected chi connectivity index (χ2v) is 7.19. The summed E-state index contributed by atoms with van der Waals surface area (Å²) >= 11 is 0. The Hall–Kier alpha value is -1.09. The first-order valence-electron chi connectivity index (χ1n) is 6.96. The third-order valence-electron chi connectivity index (χ3n) is 2.84. The molecule has 3 heteroatoms. The van der Waals surface area contributed by atoms with Crippen LogP contribution in [-0.2, 0) is 5.41 Å². The van der Waals surface area contributed by atoms with Gasteiger partial charge in [0.2, 0.25) is 5.88 Å². The Morgan fingerprint density at radius 1 is 1.21 bits per heavy atom. The highest BCUT2D eigenvalue weighted by atomic mass is 16.5. The molecule has 1 rings (SSSR count). The van der Waals surface area contributed by atoms with Crippen LogP contribution < -0.4 is 10.1 Å². The van der Waals surface area contributed by atoms with E-state index in [-0.39, 0.29) is 17.1 Å². The molecule has 1 atom stereocenters. The maximum atomic E-state index is 5.87. The maximum Gasteiger partial charge on any atom is 0.213 e. The zero-order valence-electron chi connectivity index (χ0n) is 13.4. The molecule has 0 spiro atoms. The summed E-state index contributed by atoms with van der Waals surface area (Å²) in [5.41, 5.74) is 1.47. The van der Waals surface area contributed by atoms with Crippen LogP contribution >= 0.6 is 0 Å². The average Bonchev–Trinajstić information content (AvgIpc) is 2.25. The van der Waals surface area contributed by atoms with Crippen LogP contribution in [0.25, 0.3) is 0 Å². The average molecular weight is 264 g/mol. The van der Waals surface area contributed by atoms with Crippen molar-refractivity contribution >= 4 is 0 Å². The van der Waals surface area contributed by atoms with Gasteiger partial charge in [0.05, 0.1) is 0 Å². The fraction of sp³-hybridized carbons (Fsp3) is 0.688. The van der Waals surface area contributed by atoms with Crippen molar-refractivity contribution in [3.8, 4) is 5.88 Å². The van der Waals surface area contributed by atoms with Gasteiger partial charge in [-0.15, -0.1) is 0 Å². The molecule has 108 valence electrons. The molecule has 0 aliphatic carbocycles. The molecule has 1 aromatic rings. The van der Waals surface area contributed by atoms with E-state index in [0.29, 0.717) is 5.88 Å². The zero-order valence-corrected chi connectivity index (χ0v) is 13.4. The molecule has 0 radical (unpaired) electrons. The van der Waals surface area contributed by atoms with Gasteiger partial charge in [0, 0.05) is 24.3 Å². The molecular weight excluding hydrogens is 236 g/mol. The fourth-order valence-corrected chi connectivity index (χ4v) is 1.64. The summed E-state index contributed by atoms with van der Waals surface area (Å²) in [6.45, 7) is 15.9. The molecule has 0 aliphatic rings. The minimum absolute atomic E-state index is 0.0990. The van der Waals surface area contributed by atoms with Gasteiger partial charge < -0.3 is 10.1 Å². The number of hydrogen-bond acceptors (Lipinski definition) is 3. The third-order valence-corrected chi connectivity index (χ3v) is 2.84. The molecule has 0 saturated heterocycles. The van der Waals surface area contributed by atoms with Crippen LogP contribution in [0.4, 0.5) is 0 Å². The van der Waals surface area contributed by atoms with Crippen LogP contribution in [-0.4, -0.2) is 23.2 Å². The number of hydrogen-bond donors (Lipinski definition) is 1. The smallest absolute Gasteiger partial charge is 0.213 e. The van der Waals surface area contributed by atoms with Gasteiger partial charge in [-0.1, -0.05) is 20.8 Å². The molecule has 0 aromatic carbocycles. The molecule has 19 heavy (non-hydrogen) atoms. The monoisotopic (exact) mass is 264 g/mol. The fourth-order valence-electron chi connectivity index (χ4n) is 1.64. The van der Waals surface area contributed by atoms with Crippen LogP contribution in [0, 0.1) is 0 Å². The Morgan fingerprint density at radius 2 is 1.84 bits per heavy atom. The maximum absolute atomic E-state index is 5.87. The van der Waals surface area contributed by atoms with Crippen molar-refractivity contribution in [3.05, 3.63) is 23.9 Å². The highest BCUT2D eigenvalue weighted by molar-refractivity contribution is 5.26. The molecule has 0 unspecified atom stereocenters. The van der Waals surface area contributed by atoms with Crippen molar-refractivity contribution in [2.45, 2.75) is 65.5 Å². The molecule has 3 nitrogen and oxygen atoms in total. The first-order chi connectivity index (χ1) is 8.58. The number of ether oxygens (including phenoxy) is 1. The number of rotatable bonds is 4. The van der Waals surface area contributed by atoms with Crippen LogP contribution in [0.2, 0.25) is 0 Å². The molecule has 0 saturated carbocycles. The van der Waals surface area contributed by atoms with Gasteiger partial charge in [-0.25, -0.2) is 4.98 Å². The van der Waals surface area contributed by atoms with E-state index in [1.54, 1.807) is 0 Å². The Kier molecular flexibility index (Phi) is 4.97. The lowest BCUT2D eigenvalue weighted by atomic mass is 9.88. The number of nitrogens with zero attached hydrogens (tertiary/aromatic N) is 1. The van der Waals surface area contributed by atoms with Crippen LogP contribution in [0.3, 0.4) is 0 Å². The molecule has 1 N–H and O–H groups in total. The summed E-state index contributed by atoms with van der Waals surface area (Å²) in [6, 6.07) is 4.08. The standard InChI is InChI=1S/C16H28N2O/c1-12(11-18-16(5,6)7)19-14-10-13(8-9-17-14)15(2,3)4/h8-10,12,18H,11H2,1-7H3/t12-/m0/s1. The number of nitrogens with one attached hydrogen (secondary N) is 1. The van der Waals surface area contributed by atoms with Gasteiger partial charge in [0.15, 0.2) is 0 Å². The summed E-state index contributed by atoms with van der Waals surface area (Å²) in [7, 11) is 0. The van der Waals surface area contributed by atoms with Crippen molar-refractivity contribution in [2.24, 2.45) is 0 Å². The Balaban J connectivity index is 2.62. The van der Waals surface area contributed by atoms with Crippen molar-refractivity contribution in [1.29, 1.82) is 0 Å². The second-order valence-electron chi connectivity index (χ2n) is 7.19. The SMILES string of the molecule is C[C@@H](CNC(C)(C)C)Oc1cc(C(C)(C)C)ccn1. The van der Waals surface area contributed by atoms with Crippen molar-refractivity contribution < 1.29 is 4.74 Å². The lowest BCUT2D eigenvalue weighted by Gasteiger charge is -2.24. The van der Waals surface area contributed by atoms with Gasteiger partial charge in [0.1, 0.15) is 6.10 Å². The normalized spacial score (nSPS) is 14.3. The van der Waals surface area contributed by atoms with E-state index < -0.39 is 0 Å². The van der Waals surface area contributed by atoms with Crippen molar-refractivity contribution in [3.63, 3.8) is 0 Å². The molecule has 1 aromatic heterocycles. The largest absolute Gasteiger partial charge is 0.473 e. The predicted octanol–water partition coefficient (Wildman–Crippen LogP) is 3.53. The lowest BCUT2D eigenvalue weighted by Crippen LogP contribution is -2.41. The van der Waals surface area contributed by atoms with E-state index in [0.717, 1.165) is 6.54 Å². The summed E-state index contributed by atoms with van der Waals surface area (Å²) < 4.78 is 5.87. The van der Waals surface area contributed by atoms with E-state index >= 15 is 0 Å². The molecule has 0 bridgehead atoms. The summed E-state index contributed by atoms with van der Waals surface area (Å²) in [6.07, 6.45) is 1.92. The lowest BCUT2D eigenvalue weighted by molar-refractivity contribution is 0.195. The first kappa shape index (κ1) is 16.0. The zero-order chi connectivity index (χ0) is 14.7. The molecular formula is C16H28N2O. The van der Waals surface area contributed by atoms with Gasteiger partial charge in [-0.2, -0.15) is 0 Å². The third kappa shape index (κ3) is 6.06. The van der Waals surface area contributed by atoms with E-state index in [1.165, 1.54) is 5.56 Å². The molecule has 0 aliphatic heterocycles. The molecule has 1 heterocycles. The van der Waals surface area contributed by atoms with Gasteiger partial charge in [0.25, 0.3) is 0 Å². The van der Waals surface area contributed by atoms with E-state index in [2.05, 4.69) is 58.8 Å². The topological polar surface area (TPSA) is 34.1 Å². The van der Waals surface area contributed by atoms with E-state index in [4.69, 9.17) is 4.74 Å². The summed E-state index contributed by atoms with van der Waals surface area (Å²) in [4.78, 5) is 4.29. The van der Waals surface area contributed by atoms with E-state index in [1.807, 2.05) is 18.3 Å². The van der Waals surface area contributed by atoms with Gasteiger partial charge in [-0.3, -0.25) is 0 Å². The summed E-state index contributed by atoms with van der Waals surface area (Å²) in [5, 5.41) is 3.43. The molecule has 0 fully saturated rings. The number of pyridine rings is 1. The summed E-state index contributed by atoms with van der Waals surface area (Å²) in [5.74, 6) is 0.704. The molecule has 0 amide bonds. The minimum Gasteiger partial charge on any atom is -0.473 e. The Bertz CT molecular complexity index is 402. The van der Waals surface area contributed by atoms with Crippen molar-refractivity contribution in [1.82, 2.24) is 10.3 Å². The quantitative estimate of drug-likeness (QED) is 0.903. The van der Waals surface area contributed by atoms with Gasteiger partial charge in [-0.05, 0) is 44.7 Å². The number of aromatic nitrogens is 1.